The molecule has 27 heavy (non-hydrogen) atoms. The van der Waals surface area contributed by atoms with Crippen molar-refractivity contribution in [3.63, 3.8) is 0 Å². The van der Waals surface area contributed by atoms with E-state index in [9.17, 15) is 9.59 Å². The zero-order chi connectivity index (χ0) is 19.2. The molecule has 0 aliphatic heterocycles. The summed E-state index contributed by atoms with van der Waals surface area (Å²) in [6.07, 6.45) is 0. The number of hydrogen-bond donors (Lipinski definition) is 3. The lowest BCUT2D eigenvalue weighted by molar-refractivity contribution is -0.119. The lowest BCUT2D eigenvalue weighted by Crippen LogP contribution is -2.29. The highest BCUT2D eigenvalue weighted by atomic mass is 32.2. The standard InChI is InChI=1S/C20H22N4O2S/c1-13-6-5-7-15(10-13)22-19(26)12-27-11-18(25)21-14(2)20-23-16-8-3-4-9-17(16)24-20/h3-10,14H,11-12H2,1-2H3,(H,21,25)(H,22,26)(H,23,24). The number of fused-ring (bicyclic) bond motifs is 1. The number of aromatic amines is 1. The van der Waals surface area contributed by atoms with Crippen LogP contribution in [0, 0.1) is 6.92 Å². The number of H-pyrrole nitrogens is 1. The van der Waals surface area contributed by atoms with E-state index in [0.29, 0.717) is 5.82 Å². The SMILES string of the molecule is Cc1cccc(NC(=O)CSCC(=O)NC(C)c2nc3ccccc3[nH]2)c1. The summed E-state index contributed by atoms with van der Waals surface area (Å²) in [5.41, 5.74) is 3.66. The van der Waals surface area contributed by atoms with Crippen LogP contribution in [-0.2, 0) is 9.59 Å². The Bertz CT molecular complexity index is 921. The van der Waals surface area contributed by atoms with Crippen molar-refractivity contribution in [2.45, 2.75) is 19.9 Å². The van der Waals surface area contributed by atoms with E-state index in [1.165, 1.54) is 11.8 Å². The molecule has 1 unspecified atom stereocenters. The van der Waals surface area contributed by atoms with Gasteiger partial charge < -0.3 is 15.6 Å². The molecule has 3 rings (SSSR count). The number of thioether (sulfide) groups is 1. The van der Waals surface area contributed by atoms with Gasteiger partial charge in [-0.25, -0.2) is 4.98 Å². The van der Waals surface area contributed by atoms with Gasteiger partial charge in [0.15, 0.2) is 0 Å². The number of anilines is 1. The largest absolute Gasteiger partial charge is 0.346 e. The van der Waals surface area contributed by atoms with Gasteiger partial charge in [-0.05, 0) is 43.7 Å². The molecule has 3 aromatic rings. The van der Waals surface area contributed by atoms with Crippen LogP contribution in [0.15, 0.2) is 48.5 Å². The summed E-state index contributed by atoms with van der Waals surface area (Å²) in [7, 11) is 0. The van der Waals surface area contributed by atoms with Gasteiger partial charge >= 0.3 is 0 Å². The van der Waals surface area contributed by atoms with Gasteiger partial charge in [0.1, 0.15) is 5.82 Å². The number of imidazole rings is 1. The van der Waals surface area contributed by atoms with Crippen molar-refractivity contribution in [1.82, 2.24) is 15.3 Å². The van der Waals surface area contributed by atoms with Crippen LogP contribution in [0.1, 0.15) is 24.4 Å². The zero-order valence-electron chi connectivity index (χ0n) is 15.3. The second-order valence-corrected chi connectivity index (χ2v) is 7.32. The first-order valence-corrected chi connectivity index (χ1v) is 9.85. The van der Waals surface area contributed by atoms with Crippen LogP contribution in [0.5, 0.6) is 0 Å². The van der Waals surface area contributed by atoms with Crippen LogP contribution < -0.4 is 10.6 Å². The number of benzene rings is 2. The van der Waals surface area contributed by atoms with Crippen molar-refractivity contribution < 1.29 is 9.59 Å². The molecule has 0 radical (unpaired) electrons. The highest BCUT2D eigenvalue weighted by Crippen LogP contribution is 2.16. The van der Waals surface area contributed by atoms with Gasteiger partial charge in [-0.2, -0.15) is 0 Å². The maximum atomic E-state index is 12.1. The summed E-state index contributed by atoms with van der Waals surface area (Å²) in [6.45, 7) is 3.85. The monoisotopic (exact) mass is 382 g/mol. The summed E-state index contributed by atoms with van der Waals surface area (Å²) in [6, 6.07) is 15.1. The molecule has 1 aromatic heterocycles. The first-order valence-electron chi connectivity index (χ1n) is 8.69. The highest BCUT2D eigenvalue weighted by molar-refractivity contribution is 8.00. The van der Waals surface area contributed by atoms with E-state index in [4.69, 9.17) is 0 Å². The Morgan fingerprint density at radius 1 is 1.11 bits per heavy atom. The number of carbonyl (C=O) groups is 2. The molecule has 1 heterocycles. The van der Waals surface area contributed by atoms with E-state index in [1.54, 1.807) is 0 Å². The lowest BCUT2D eigenvalue weighted by Gasteiger charge is -2.11. The minimum Gasteiger partial charge on any atom is -0.346 e. The number of hydrogen-bond acceptors (Lipinski definition) is 4. The Morgan fingerprint density at radius 2 is 1.89 bits per heavy atom. The van der Waals surface area contributed by atoms with Crippen molar-refractivity contribution in [1.29, 1.82) is 0 Å². The normalized spacial score (nSPS) is 11.9. The molecule has 140 valence electrons. The van der Waals surface area contributed by atoms with Crippen LogP contribution in [0.25, 0.3) is 11.0 Å². The third kappa shape index (κ3) is 5.34. The average Bonchev–Trinajstić information content (AvgIpc) is 3.06. The predicted octanol–water partition coefficient (Wildman–Crippen LogP) is 3.42. The van der Waals surface area contributed by atoms with Gasteiger partial charge in [-0.3, -0.25) is 9.59 Å². The lowest BCUT2D eigenvalue weighted by atomic mass is 10.2. The average molecular weight is 382 g/mol. The molecule has 0 fully saturated rings. The minimum absolute atomic E-state index is 0.122. The molecule has 0 spiro atoms. The molecule has 0 aliphatic carbocycles. The van der Waals surface area contributed by atoms with Gasteiger partial charge in [0.05, 0.1) is 28.6 Å². The van der Waals surface area contributed by atoms with Crippen LogP contribution >= 0.6 is 11.8 Å². The van der Waals surface area contributed by atoms with Gasteiger partial charge in [0.25, 0.3) is 0 Å². The number of nitrogens with one attached hydrogen (secondary N) is 3. The third-order valence-electron chi connectivity index (χ3n) is 3.96. The zero-order valence-corrected chi connectivity index (χ0v) is 16.1. The smallest absolute Gasteiger partial charge is 0.234 e. The number of aromatic nitrogens is 2. The number of aryl methyl sites for hydroxylation is 1. The second-order valence-electron chi connectivity index (χ2n) is 6.34. The number of para-hydroxylation sites is 2. The fourth-order valence-corrected chi connectivity index (χ4v) is 3.31. The first-order chi connectivity index (χ1) is 13.0. The van der Waals surface area contributed by atoms with Gasteiger partial charge in [0, 0.05) is 5.69 Å². The van der Waals surface area contributed by atoms with E-state index in [0.717, 1.165) is 22.3 Å². The van der Waals surface area contributed by atoms with E-state index >= 15 is 0 Å². The maximum absolute atomic E-state index is 12.1. The Labute approximate surface area is 162 Å². The van der Waals surface area contributed by atoms with Crippen LogP contribution in [0.2, 0.25) is 0 Å². The third-order valence-corrected chi connectivity index (χ3v) is 4.90. The molecular formula is C20H22N4O2S. The van der Waals surface area contributed by atoms with E-state index < -0.39 is 0 Å². The second kappa shape index (κ2) is 8.73. The Balaban J connectivity index is 1.43. The van der Waals surface area contributed by atoms with Crippen molar-refractivity contribution in [2.24, 2.45) is 0 Å². The number of carbonyl (C=O) groups excluding carboxylic acids is 2. The highest BCUT2D eigenvalue weighted by Gasteiger charge is 2.14. The van der Waals surface area contributed by atoms with Crippen molar-refractivity contribution >= 4 is 40.3 Å². The summed E-state index contributed by atoms with van der Waals surface area (Å²) < 4.78 is 0. The summed E-state index contributed by atoms with van der Waals surface area (Å²) in [5, 5.41) is 5.73. The minimum atomic E-state index is -0.230. The topological polar surface area (TPSA) is 86.9 Å². The van der Waals surface area contributed by atoms with Gasteiger partial charge in [-0.1, -0.05) is 24.3 Å². The number of amides is 2. The molecule has 2 aromatic carbocycles. The summed E-state index contributed by atoms with van der Waals surface area (Å²) in [5.74, 6) is 0.901. The molecule has 1 atom stereocenters. The Hall–Kier alpha value is -2.80. The van der Waals surface area contributed by atoms with Crippen molar-refractivity contribution in [3.8, 4) is 0 Å². The van der Waals surface area contributed by atoms with Crippen molar-refractivity contribution in [3.05, 3.63) is 59.9 Å². The van der Waals surface area contributed by atoms with Gasteiger partial charge in [-0.15, -0.1) is 11.8 Å². The molecule has 2 amide bonds. The Morgan fingerprint density at radius 3 is 2.67 bits per heavy atom. The fourth-order valence-electron chi connectivity index (χ4n) is 2.69. The molecule has 0 bridgehead atoms. The predicted molar refractivity (Wildman–Crippen MR) is 110 cm³/mol. The molecule has 6 nitrogen and oxygen atoms in total. The molecule has 0 aliphatic rings. The molecule has 7 heteroatoms. The quantitative estimate of drug-likeness (QED) is 0.584. The van der Waals surface area contributed by atoms with Gasteiger partial charge in [0.2, 0.25) is 11.8 Å². The first kappa shape index (κ1) is 19.0. The Kier molecular flexibility index (Phi) is 6.13. The van der Waals surface area contributed by atoms with Crippen LogP contribution in [0.4, 0.5) is 5.69 Å². The number of nitrogens with zero attached hydrogens (tertiary/aromatic N) is 1. The van der Waals surface area contributed by atoms with Crippen LogP contribution in [0.3, 0.4) is 0 Å². The number of rotatable bonds is 7. The summed E-state index contributed by atoms with van der Waals surface area (Å²) >= 11 is 1.28. The molecule has 3 N–H and O–H groups in total. The molecular weight excluding hydrogens is 360 g/mol. The van der Waals surface area contributed by atoms with Crippen LogP contribution in [-0.4, -0.2) is 33.3 Å². The summed E-state index contributed by atoms with van der Waals surface area (Å²) in [4.78, 5) is 31.8. The van der Waals surface area contributed by atoms with E-state index in [1.807, 2.05) is 62.4 Å². The molecule has 0 saturated heterocycles. The maximum Gasteiger partial charge on any atom is 0.234 e. The van der Waals surface area contributed by atoms with E-state index in [-0.39, 0.29) is 29.4 Å². The van der Waals surface area contributed by atoms with Crippen molar-refractivity contribution in [2.75, 3.05) is 16.8 Å². The van der Waals surface area contributed by atoms with E-state index in [2.05, 4.69) is 20.6 Å². The molecule has 0 saturated carbocycles. The fraction of sp³-hybridized carbons (Fsp3) is 0.250.